The average molecular weight is 518 g/mol. The molecule has 0 bridgehead atoms. The van der Waals surface area contributed by atoms with Crippen LogP contribution in [0, 0.1) is 0 Å². The monoisotopic (exact) mass is 518 g/mol. The van der Waals surface area contributed by atoms with E-state index in [1.165, 1.54) is 36.5 Å². The van der Waals surface area contributed by atoms with E-state index in [0.717, 1.165) is 29.5 Å². The van der Waals surface area contributed by atoms with Gasteiger partial charge in [-0.25, -0.2) is 23.2 Å². The molecule has 2 N–H and O–H groups in total. The van der Waals surface area contributed by atoms with E-state index in [-0.39, 0.29) is 10.0 Å². The van der Waals surface area contributed by atoms with E-state index >= 15 is 0 Å². The Bertz CT molecular complexity index is 1470. The Labute approximate surface area is 192 Å². The van der Waals surface area contributed by atoms with Gasteiger partial charge in [-0.1, -0.05) is 41.7 Å². The molecule has 0 atom stereocenters. The van der Waals surface area contributed by atoms with Gasteiger partial charge in [-0.3, -0.25) is 0 Å². The number of thiazole rings is 1. The van der Waals surface area contributed by atoms with Gasteiger partial charge in [0.05, 0.1) is 21.0 Å². The maximum absolute atomic E-state index is 13.5. The summed E-state index contributed by atoms with van der Waals surface area (Å²) < 4.78 is 105. The van der Waals surface area contributed by atoms with Gasteiger partial charge in [0.25, 0.3) is 0 Å². The summed E-state index contributed by atoms with van der Waals surface area (Å²) in [6, 6.07) is 10.1. The number of nitrogens with zero attached hydrogens (tertiary/aromatic N) is 3. The van der Waals surface area contributed by atoms with E-state index in [9.17, 15) is 34.8 Å². The molecule has 0 aliphatic carbocycles. The molecule has 2 aromatic carbocycles. The number of aromatic nitrogens is 3. The van der Waals surface area contributed by atoms with E-state index in [4.69, 9.17) is 5.14 Å². The summed E-state index contributed by atoms with van der Waals surface area (Å²) in [5.74, 6) is 0. The first-order valence-corrected chi connectivity index (χ1v) is 11.5. The van der Waals surface area contributed by atoms with Gasteiger partial charge in [0.2, 0.25) is 15.2 Å². The zero-order valence-corrected chi connectivity index (χ0v) is 18.2. The highest BCUT2D eigenvalue weighted by Crippen LogP contribution is 2.40. The molecule has 0 spiro atoms. The van der Waals surface area contributed by atoms with Gasteiger partial charge >= 0.3 is 12.4 Å². The first kappa shape index (κ1) is 23.9. The van der Waals surface area contributed by atoms with Crippen LogP contribution in [-0.4, -0.2) is 23.2 Å². The number of halogens is 6. The summed E-state index contributed by atoms with van der Waals surface area (Å²) >= 11 is 0.810. The summed E-state index contributed by atoms with van der Waals surface area (Å²) in [6.45, 7) is 0. The number of sulfonamides is 1. The molecule has 0 fully saturated rings. The number of hydrogen-bond acceptors (Lipinski definition) is 5. The third-order valence-electron chi connectivity index (χ3n) is 4.63. The fraction of sp³-hybridized carbons (Fsp3) is 0.100. The fourth-order valence-electron chi connectivity index (χ4n) is 3.13. The maximum atomic E-state index is 13.5. The lowest BCUT2D eigenvalue weighted by atomic mass is 10.0. The highest BCUT2D eigenvalue weighted by atomic mass is 32.2. The largest absolute Gasteiger partial charge is 0.435 e. The first-order chi connectivity index (χ1) is 15.7. The smallest absolute Gasteiger partial charge is 0.226 e. The predicted octanol–water partition coefficient (Wildman–Crippen LogP) is 5.35. The quantitative estimate of drug-likeness (QED) is 0.369. The molecule has 0 saturated heterocycles. The molecule has 0 aliphatic rings. The standard InChI is InChI=1S/C20H12F6N4O2S2/c21-19(22,23)14-7-2-1-6-13(14)15-9-17(20(24,25)26)29-30(15)18-28-10-16(33-18)11-4-3-5-12(8-11)34(27,31)32/h1-10H,(H2,27,31,32). The van der Waals surface area contributed by atoms with Crippen LogP contribution in [0.25, 0.3) is 26.8 Å². The highest BCUT2D eigenvalue weighted by Gasteiger charge is 2.38. The number of alkyl halides is 6. The molecule has 4 rings (SSSR count). The fourth-order valence-corrected chi connectivity index (χ4v) is 4.57. The third kappa shape index (κ3) is 4.69. The van der Waals surface area contributed by atoms with Crippen LogP contribution in [0.5, 0.6) is 0 Å². The van der Waals surface area contributed by atoms with Crippen molar-refractivity contribution >= 4 is 21.4 Å². The number of nitrogens with two attached hydrogens (primary N) is 1. The molecule has 0 amide bonds. The normalized spacial score (nSPS) is 12.8. The second-order valence-corrected chi connectivity index (χ2v) is 9.52. The Kier molecular flexibility index (Phi) is 5.78. The summed E-state index contributed by atoms with van der Waals surface area (Å²) in [7, 11) is -4.02. The van der Waals surface area contributed by atoms with Crippen molar-refractivity contribution in [3.05, 3.63) is 72.1 Å². The highest BCUT2D eigenvalue weighted by molar-refractivity contribution is 7.89. The third-order valence-corrected chi connectivity index (χ3v) is 6.56. The van der Waals surface area contributed by atoms with Gasteiger partial charge in [-0.2, -0.15) is 31.4 Å². The molecule has 0 saturated carbocycles. The Morgan fingerprint density at radius 3 is 2.26 bits per heavy atom. The second kappa shape index (κ2) is 8.21. The number of hydrogen-bond donors (Lipinski definition) is 1. The molecule has 0 unspecified atom stereocenters. The van der Waals surface area contributed by atoms with Crippen molar-refractivity contribution < 1.29 is 34.8 Å². The van der Waals surface area contributed by atoms with E-state index in [1.807, 2.05) is 0 Å². The van der Waals surface area contributed by atoms with Crippen LogP contribution in [0.15, 0.2) is 65.7 Å². The van der Waals surface area contributed by atoms with Crippen LogP contribution in [0.1, 0.15) is 11.3 Å². The topological polar surface area (TPSA) is 90.9 Å². The molecule has 14 heteroatoms. The van der Waals surface area contributed by atoms with Crippen molar-refractivity contribution in [1.82, 2.24) is 14.8 Å². The van der Waals surface area contributed by atoms with E-state index in [2.05, 4.69) is 10.1 Å². The molecular formula is C20H12F6N4O2S2. The summed E-state index contributed by atoms with van der Waals surface area (Å²) in [4.78, 5) is 4.15. The van der Waals surface area contributed by atoms with Crippen molar-refractivity contribution in [2.75, 3.05) is 0 Å². The van der Waals surface area contributed by atoms with Gasteiger partial charge in [-0.05, 0) is 29.8 Å². The summed E-state index contributed by atoms with van der Waals surface area (Å²) in [5, 5.41) is 8.44. The number of benzene rings is 2. The van der Waals surface area contributed by atoms with Gasteiger partial charge < -0.3 is 0 Å². The Hall–Kier alpha value is -3.23. The predicted molar refractivity (Wildman–Crippen MR) is 111 cm³/mol. The summed E-state index contributed by atoms with van der Waals surface area (Å²) in [5.41, 5.74) is -3.16. The van der Waals surface area contributed by atoms with E-state index in [1.54, 1.807) is 0 Å². The zero-order valence-electron chi connectivity index (χ0n) is 16.6. The summed E-state index contributed by atoms with van der Waals surface area (Å²) in [6.07, 6.45) is -8.50. The van der Waals surface area contributed by atoms with Crippen LogP contribution in [0.2, 0.25) is 0 Å². The lowest BCUT2D eigenvalue weighted by Gasteiger charge is -2.13. The molecule has 0 radical (unpaired) electrons. The minimum Gasteiger partial charge on any atom is -0.226 e. The molecule has 4 aromatic rings. The van der Waals surface area contributed by atoms with Crippen molar-refractivity contribution in [2.24, 2.45) is 5.14 Å². The number of primary sulfonamides is 1. The van der Waals surface area contributed by atoms with Crippen LogP contribution in [-0.2, 0) is 22.4 Å². The van der Waals surface area contributed by atoms with Crippen molar-refractivity contribution in [1.29, 1.82) is 0 Å². The van der Waals surface area contributed by atoms with Gasteiger partial charge in [-0.15, -0.1) is 0 Å². The van der Waals surface area contributed by atoms with Crippen molar-refractivity contribution in [2.45, 2.75) is 17.2 Å². The molecular weight excluding hydrogens is 506 g/mol. The average Bonchev–Trinajstić information content (AvgIpc) is 3.40. The minimum absolute atomic E-state index is 0.154. The van der Waals surface area contributed by atoms with Gasteiger partial charge in [0, 0.05) is 11.8 Å². The van der Waals surface area contributed by atoms with E-state index in [0.29, 0.717) is 21.2 Å². The zero-order chi connectivity index (χ0) is 24.9. The maximum Gasteiger partial charge on any atom is 0.435 e. The van der Waals surface area contributed by atoms with Crippen LogP contribution in [0.4, 0.5) is 26.3 Å². The van der Waals surface area contributed by atoms with E-state index < -0.39 is 44.9 Å². The molecule has 2 aromatic heterocycles. The molecule has 34 heavy (non-hydrogen) atoms. The lowest BCUT2D eigenvalue weighted by molar-refractivity contribution is -0.141. The molecule has 6 nitrogen and oxygen atoms in total. The van der Waals surface area contributed by atoms with Crippen LogP contribution < -0.4 is 5.14 Å². The Balaban J connectivity index is 1.88. The van der Waals surface area contributed by atoms with Crippen molar-refractivity contribution in [3.8, 4) is 26.8 Å². The molecule has 0 aliphatic heterocycles. The van der Waals surface area contributed by atoms with Crippen LogP contribution in [0.3, 0.4) is 0 Å². The first-order valence-electron chi connectivity index (χ1n) is 9.18. The molecule has 2 heterocycles. The SMILES string of the molecule is NS(=O)(=O)c1cccc(-c2cnc(-n3nc(C(F)(F)F)cc3-c3ccccc3C(F)(F)F)s2)c1. The van der Waals surface area contributed by atoms with Gasteiger partial charge in [0.1, 0.15) is 0 Å². The number of rotatable bonds is 4. The Morgan fingerprint density at radius 1 is 0.912 bits per heavy atom. The Morgan fingerprint density at radius 2 is 1.62 bits per heavy atom. The van der Waals surface area contributed by atoms with Gasteiger partial charge in [0.15, 0.2) is 5.69 Å². The second-order valence-electron chi connectivity index (χ2n) is 6.95. The van der Waals surface area contributed by atoms with Crippen LogP contribution >= 0.6 is 11.3 Å². The van der Waals surface area contributed by atoms with Crippen molar-refractivity contribution in [3.63, 3.8) is 0 Å². The lowest BCUT2D eigenvalue weighted by Crippen LogP contribution is -2.11. The molecule has 178 valence electrons. The minimum atomic E-state index is -4.92.